The Morgan fingerprint density at radius 3 is 1.83 bits per heavy atom. The summed E-state index contributed by atoms with van der Waals surface area (Å²) in [7, 11) is 1.32. The summed E-state index contributed by atoms with van der Waals surface area (Å²) >= 11 is 0. The zero-order valence-corrected chi connectivity index (χ0v) is 28.6. The van der Waals surface area contributed by atoms with Crippen LogP contribution < -0.4 is 4.74 Å². The highest BCUT2D eigenvalue weighted by Gasteiger charge is 2.47. The summed E-state index contributed by atoms with van der Waals surface area (Å²) in [4.78, 5) is 13.0. The van der Waals surface area contributed by atoms with Gasteiger partial charge in [-0.2, -0.15) is 0 Å². The molecule has 1 aliphatic heterocycles. The van der Waals surface area contributed by atoms with Gasteiger partial charge in [0, 0.05) is 7.11 Å². The van der Waals surface area contributed by atoms with E-state index in [0.29, 0.717) is 23.5 Å². The molecule has 1 saturated heterocycles. The maximum Gasteiger partial charge on any atom is 0.338 e. The number of carbonyl (C=O) groups excluding carboxylic acids is 1. The number of hydrogen-bond acceptors (Lipinski definition) is 8. The summed E-state index contributed by atoms with van der Waals surface area (Å²) in [5.41, 5.74) is 3.59. The maximum atomic E-state index is 13.0. The molecule has 1 heterocycles. The molecule has 244 valence electrons. The van der Waals surface area contributed by atoms with Gasteiger partial charge in [-0.3, -0.25) is 0 Å². The van der Waals surface area contributed by atoms with Gasteiger partial charge in [0.1, 0.15) is 30.7 Å². The second-order valence-corrected chi connectivity index (χ2v) is 7.91. The van der Waals surface area contributed by atoms with E-state index in [1.165, 1.54) is 7.11 Å². The van der Waals surface area contributed by atoms with Crippen LogP contribution in [0.4, 0.5) is 0 Å². The number of aliphatic hydroxyl groups is 3. The Balaban J connectivity index is -0.00000137. The number of benzene rings is 2. The molecular formula is C34H60O8. The molecular weight excluding hydrogens is 536 g/mol. The summed E-state index contributed by atoms with van der Waals surface area (Å²) in [6, 6.07) is 11.5. The minimum atomic E-state index is -1.48. The molecule has 2 aromatic rings. The van der Waals surface area contributed by atoms with E-state index < -0.39 is 43.3 Å². The molecule has 0 spiro atoms. The summed E-state index contributed by atoms with van der Waals surface area (Å²) < 4.78 is 22.1. The third-order valence-electron chi connectivity index (χ3n) is 5.77. The standard InChI is InChI=1S/C24H30O8.5C2H6/c1-13-10-17(14(2)15(3)21(13)30-12-16-8-6-5-7-9-16)23(28)32-22-20(27)19(26)18(11-25)31-24(22)29-4;5*1-2/h5-10,18-20,22,24-27H,11-12H2,1-4H3;5*1-2H3/t18-,19-,20+,22-,24+;;;;;/m1...../s1. The van der Waals surface area contributed by atoms with Crippen molar-refractivity contribution in [1.82, 2.24) is 0 Å². The van der Waals surface area contributed by atoms with Gasteiger partial charge < -0.3 is 34.3 Å². The summed E-state index contributed by atoms with van der Waals surface area (Å²) in [6.45, 7) is 25.4. The Bertz CT molecular complexity index is 931. The molecule has 1 fully saturated rings. The van der Waals surface area contributed by atoms with Gasteiger partial charge >= 0.3 is 5.97 Å². The smallest absolute Gasteiger partial charge is 0.338 e. The van der Waals surface area contributed by atoms with Crippen molar-refractivity contribution >= 4 is 5.97 Å². The second-order valence-electron chi connectivity index (χ2n) is 7.91. The first-order chi connectivity index (χ1) is 20.3. The van der Waals surface area contributed by atoms with Crippen molar-refractivity contribution in [3.63, 3.8) is 0 Å². The molecule has 0 bridgehead atoms. The molecule has 8 heteroatoms. The Labute approximate surface area is 256 Å². The van der Waals surface area contributed by atoms with E-state index in [-0.39, 0.29) is 0 Å². The van der Waals surface area contributed by atoms with Crippen LogP contribution in [0.1, 0.15) is 102 Å². The number of methoxy groups -OCH3 is 1. The van der Waals surface area contributed by atoms with Crippen molar-refractivity contribution in [2.45, 2.75) is 127 Å². The molecule has 0 radical (unpaired) electrons. The lowest BCUT2D eigenvalue weighted by Gasteiger charge is -2.40. The summed E-state index contributed by atoms with van der Waals surface area (Å²) in [6.07, 6.45) is -6.35. The van der Waals surface area contributed by atoms with Crippen LogP contribution in [0, 0.1) is 20.8 Å². The minimum Gasteiger partial charge on any atom is -0.488 e. The molecule has 0 saturated carbocycles. The van der Waals surface area contributed by atoms with E-state index in [0.717, 1.165) is 16.7 Å². The number of ether oxygens (including phenoxy) is 4. The van der Waals surface area contributed by atoms with E-state index in [9.17, 15) is 20.1 Å². The van der Waals surface area contributed by atoms with E-state index in [4.69, 9.17) is 18.9 Å². The molecule has 3 rings (SSSR count). The third kappa shape index (κ3) is 12.8. The monoisotopic (exact) mass is 596 g/mol. The summed E-state index contributed by atoms with van der Waals surface area (Å²) in [5, 5.41) is 29.9. The van der Waals surface area contributed by atoms with E-state index in [2.05, 4.69) is 0 Å². The fourth-order valence-electron chi connectivity index (χ4n) is 3.78. The molecule has 5 atom stereocenters. The SMILES string of the molecule is CC.CC.CC.CC.CC.CO[C@H]1O[C@H](CO)[C@@H](O)[C@H](O)[C@H]1OC(=O)c1cc(C)c(OCc2ccccc2)c(C)c1C. The van der Waals surface area contributed by atoms with Crippen LogP contribution in [-0.4, -0.2) is 65.7 Å². The number of aryl methyl sites for hydroxylation is 1. The van der Waals surface area contributed by atoms with Crippen molar-refractivity contribution in [2.75, 3.05) is 13.7 Å². The lowest BCUT2D eigenvalue weighted by atomic mass is 9.97. The number of aliphatic hydroxyl groups excluding tert-OH is 3. The first-order valence-corrected chi connectivity index (χ1v) is 15.4. The molecule has 0 unspecified atom stereocenters. The molecule has 2 aromatic carbocycles. The van der Waals surface area contributed by atoms with Crippen molar-refractivity contribution in [2.24, 2.45) is 0 Å². The molecule has 0 amide bonds. The second kappa shape index (κ2) is 26.2. The first-order valence-electron chi connectivity index (χ1n) is 15.4. The van der Waals surface area contributed by atoms with Gasteiger partial charge in [0.05, 0.1) is 12.2 Å². The van der Waals surface area contributed by atoms with Crippen LogP contribution in [0.5, 0.6) is 5.75 Å². The molecule has 0 aromatic heterocycles. The number of rotatable bonds is 7. The molecule has 3 N–H and O–H groups in total. The third-order valence-corrected chi connectivity index (χ3v) is 5.77. The van der Waals surface area contributed by atoms with Gasteiger partial charge in [-0.05, 0) is 49.1 Å². The quantitative estimate of drug-likeness (QED) is 0.295. The van der Waals surface area contributed by atoms with Crippen molar-refractivity contribution < 1.29 is 39.1 Å². The van der Waals surface area contributed by atoms with Gasteiger partial charge in [-0.1, -0.05) is 99.6 Å². The number of esters is 1. The topological polar surface area (TPSA) is 115 Å². The van der Waals surface area contributed by atoms with Crippen molar-refractivity contribution in [3.8, 4) is 5.75 Å². The van der Waals surface area contributed by atoms with Crippen LogP contribution in [0.15, 0.2) is 36.4 Å². The Kier molecular flexibility index (Phi) is 27.4. The lowest BCUT2D eigenvalue weighted by Crippen LogP contribution is -2.60. The predicted octanol–water partition coefficient (Wildman–Crippen LogP) is 6.93. The highest BCUT2D eigenvalue weighted by Crippen LogP contribution is 2.31. The zero-order valence-electron chi connectivity index (χ0n) is 28.6. The zero-order chi connectivity index (χ0) is 33.4. The number of carbonyl (C=O) groups is 1. The van der Waals surface area contributed by atoms with Gasteiger partial charge in [-0.25, -0.2) is 4.79 Å². The van der Waals surface area contributed by atoms with Gasteiger partial charge in [-0.15, -0.1) is 0 Å². The summed E-state index contributed by atoms with van der Waals surface area (Å²) in [5.74, 6) is 0.00701. The largest absolute Gasteiger partial charge is 0.488 e. The van der Waals surface area contributed by atoms with Crippen LogP contribution in [0.25, 0.3) is 0 Å². The highest BCUT2D eigenvalue weighted by molar-refractivity contribution is 5.92. The van der Waals surface area contributed by atoms with E-state index in [1.54, 1.807) is 13.0 Å². The first kappa shape index (κ1) is 44.0. The Hall–Kier alpha value is -2.49. The fourth-order valence-corrected chi connectivity index (χ4v) is 3.78. The Morgan fingerprint density at radius 2 is 1.36 bits per heavy atom. The highest BCUT2D eigenvalue weighted by atomic mass is 16.7. The molecule has 42 heavy (non-hydrogen) atoms. The normalized spacial score (nSPS) is 20.1. The van der Waals surface area contributed by atoms with Crippen LogP contribution >= 0.6 is 0 Å². The van der Waals surface area contributed by atoms with Crippen molar-refractivity contribution in [3.05, 3.63) is 64.2 Å². The lowest BCUT2D eigenvalue weighted by molar-refractivity contribution is -0.293. The minimum absolute atomic E-state index is 0.313. The van der Waals surface area contributed by atoms with E-state index in [1.807, 2.05) is 113 Å². The average Bonchev–Trinajstić information content (AvgIpc) is 3.06. The molecule has 0 aliphatic carbocycles. The van der Waals surface area contributed by atoms with E-state index >= 15 is 0 Å². The van der Waals surface area contributed by atoms with Crippen LogP contribution in [0.2, 0.25) is 0 Å². The van der Waals surface area contributed by atoms with Gasteiger partial charge in [0.25, 0.3) is 0 Å². The van der Waals surface area contributed by atoms with Crippen LogP contribution in [0.3, 0.4) is 0 Å². The molecule has 8 nitrogen and oxygen atoms in total. The fraction of sp³-hybridized carbons (Fsp3) is 0.618. The van der Waals surface area contributed by atoms with Crippen LogP contribution in [-0.2, 0) is 20.8 Å². The molecule has 1 aliphatic rings. The van der Waals surface area contributed by atoms with Gasteiger partial charge in [0.15, 0.2) is 12.4 Å². The average molecular weight is 597 g/mol. The Morgan fingerprint density at radius 1 is 0.833 bits per heavy atom. The number of hydrogen-bond donors (Lipinski definition) is 3. The van der Waals surface area contributed by atoms with Gasteiger partial charge in [0.2, 0.25) is 0 Å². The predicted molar refractivity (Wildman–Crippen MR) is 172 cm³/mol. The maximum absolute atomic E-state index is 13.0. The van der Waals surface area contributed by atoms with Crippen molar-refractivity contribution in [1.29, 1.82) is 0 Å².